The fourth-order valence-electron chi connectivity index (χ4n) is 2.40. The van der Waals surface area contributed by atoms with Crippen molar-refractivity contribution in [3.8, 4) is 0 Å². The number of ether oxygens (including phenoxy) is 1. The van der Waals surface area contributed by atoms with E-state index in [0.717, 1.165) is 17.9 Å². The molecular formula is C13H20N2O4S2. The van der Waals surface area contributed by atoms with Gasteiger partial charge in [-0.3, -0.25) is 0 Å². The molecule has 0 unspecified atom stereocenters. The third kappa shape index (κ3) is 3.13. The average molecular weight is 332 g/mol. The van der Waals surface area contributed by atoms with E-state index in [2.05, 4.69) is 16.6 Å². The molecule has 0 N–H and O–H groups in total. The van der Waals surface area contributed by atoms with Crippen LogP contribution < -0.4 is 0 Å². The summed E-state index contributed by atoms with van der Waals surface area (Å²) in [6.07, 6.45) is 0. The summed E-state index contributed by atoms with van der Waals surface area (Å²) in [7, 11) is -2.39. The highest BCUT2D eigenvalue weighted by Crippen LogP contribution is 2.30. The van der Waals surface area contributed by atoms with Gasteiger partial charge in [0.1, 0.15) is 9.77 Å². The first kappa shape index (κ1) is 16.4. The quantitative estimate of drug-likeness (QED) is 0.774. The molecule has 0 spiro atoms. The van der Waals surface area contributed by atoms with Crippen molar-refractivity contribution in [1.29, 1.82) is 0 Å². The van der Waals surface area contributed by atoms with Crippen LogP contribution >= 0.6 is 11.3 Å². The van der Waals surface area contributed by atoms with Crippen LogP contribution in [0.3, 0.4) is 0 Å². The molecule has 1 aromatic heterocycles. The van der Waals surface area contributed by atoms with Gasteiger partial charge in [0, 0.05) is 26.2 Å². The second kappa shape index (κ2) is 6.43. The summed E-state index contributed by atoms with van der Waals surface area (Å²) >= 11 is 1.11. The molecule has 0 aromatic carbocycles. The van der Waals surface area contributed by atoms with Crippen LogP contribution in [-0.2, 0) is 14.8 Å². The van der Waals surface area contributed by atoms with E-state index in [4.69, 9.17) is 0 Å². The molecular weight excluding hydrogens is 312 g/mol. The number of hydrogen-bond acceptors (Lipinski definition) is 6. The molecule has 1 aliphatic heterocycles. The molecule has 118 valence electrons. The van der Waals surface area contributed by atoms with Crippen LogP contribution in [0.1, 0.15) is 22.2 Å². The number of carbonyl (C=O) groups is 1. The lowest BCUT2D eigenvalue weighted by molar-refractivity contribution is 0.0602. The van der Waals surface area contributed by atoms with Crippen molar-refractivity contribution < 1.29 is 17.9 Å². The zero-order valence-electron chi connectivity index (χ0n) is 12.5. The van der Waals surface area contributed by atoms with Gasteiger partial charge in [0.15, 0.2) is 0 Å². The summed E-state index contributed by atoms with van der Waals surface area (Å²) in [6.45, 7) is 7.01. The Morgan fingerprint density at radius 3 is 2.48 bits per heavy atom. The Hall–Kier alpha value is -0.960. The Labute approximate surface area is 129 Å². The molecule has 0 aliphatic carbocycles. The van der Waals surface area contributed by atoms with Crippen LogP contribution in [0.15, 0.2) is 10.3 Å². The summed E-state index contributed by atoms with van der Waals surface area (Å²) in [5.41, 5.74) is 0.596. The van der Waals surface area contributed by atoms with Crippen LogP contribution in [0.2, 0.25) is 0 Å². The van der Waals surface area contributed by atoms with Gasteiger partial charge < -0.3 is 9.64 Å². The minimum Gasteiger partial charge on any atom is -0.465 e. The normalized spacial score (nSPS) is 17.9. The zero-order chi connectivity index (χ0) is 15.6. The van der Waals surface area contributed by atoms with Crippen LogP contribution in [0, 0.1) is 6.92 Å². The predicted molar refractivity (Wildman–Crippen MR) is 81.3 cm³/mol. The molecule has 1 aliphatic rings. The smallest absolute Gasteiger partial charge is 0.349 e. The lowest BCUT2D eigenvalue weighted by Crippen LogP contribution is -2.48. The fraction of sp³-hybridized carbons (Fsp3) is 0.615. The molecule has 21 heavy (non-hydrogen) atoms. The summed E-state index contributed by atoms with van der Waals surface area (Å²) in [6, 6.07) is 0. The number of aryl methyl sites for hydroxylation is 1. The van der Waals surface area contributed by atoms with Crippen molar-refractivity contribution in [3.05, 3.63) is 15.8 Å². The lowest BCUT2D eigenvalue weighted by atomic mass is 10.3. The highest BCUT2D eigenvalue weighted by atomic mass is 32.2. The number of likely N-dealkylation sites (N-methyl/N-ethyl adjacent to an activating group) is 1. The van der Waals surface area contributed by atoms with Gasteiger partial charge in [-0.2, -0.15) is 4.31 Å². The first-order chi connectivity index (χ1) is 9.91. The summed E-state index contributed by atoms with van der Waals surface area (Å²) < 4.78 is 31.8. The van der Waals surface area contributed by atoms with Gasteiger partial charge in [-0.05, 0) is 24.4 Å². The SMILES string of the molecule is CCN1CCN(S(=O)(=O)c2c(C)csc2C(=O)OC)CC1. The maximum atomic E-state index is 12.8. The van der Waals surface area contributed by atoms with Gasteiger partial charge in [-0.15, -0.1) is 11.3 Å². The van der Waals surface area contributed by atoms with Gasteiger partial charge >= 0.3 is 5.97 Å². The number of piperazine rings is 1. The summed E-state index contributed by atoms with van der Waals surface area (Å²) in [5.74, 6) is -0.598. The van der Waals surface area contributed by atoms with E-state index < -0.39 is 16.0 Å². The van der Waals surface area contributed by atoms with Crippen LogP contribution in [0.5, 0.6) is 0 Å². The minimum atomic E-state index is -3.65. The second-order valence-corrected chi connectivity index (χ2v) is 7.66. The summed E-state index contributed by atoms with van der Waals surface area (Å²) in [5, 5.41) is 1.68. The minimum absolute atomic E-state index is 0.101. The number of hydrogen-bond donors (Lipinski definition) is 0. The molecule has 1 aromatic rings. The van der Waals surface area contributed by atoms with Crippen molar-refractivity contribution in [3.63, 3.8) is 0 Å². The molecule has 0 saturated carbocycles. The highest BCUT2D eigenvalue weighted by Gasteiger charge is 2.34. The number of esters is 1. The Bertz CT molecular complexity index is 616. The number of rotatable bonds is 4. The Balaban J connectivity index is 2.32. The zero-order valence-corrected chi connectivity index (χ0v) is 14.1. The van der Waals surface area contributed by atoms with Crippen LogP contribution in [0.4, 0.5) is 0 Å². The van der Waals surface area contributed by atoms with Gasteiger partial charge in [0.05, 0.1) is 7.11 Å². The fourth-order valence-corrected chi connectivity index (χ4v) is 5.48. The molecule has 0 amide bonds. The standard InChI is InChI=1S/C13H20N2O4S2/c1-4-14-5-7-15(8-6-14)21(17,18)12-10(2)9-20-11(12)13(16)19-3/h9H,4-8H2,1-3H3. The first-order valence-electron chi connectivity index (χ1n) is 6.80. The van der Waals surface area contributed by atoms with Gasteiger partial charge in [0.2, 0.25) is 10.0 Å². The molecule has 8 heteroatoms. The lowest BCUT2D eigenvalue weighted by Gasteiger charge is -2.33. The molecule has 6 nitrogen and oxygen atoms in total. The van der Waals surface area contributed by atoms with E-state index >= 15 is 0 Å². The van der Waals surface area contributed by atoms with Crippen molar-refractivity contribution >= 4 is 27.3 Å². The van der Waals surface area contributed by atoms with Crippen LogP contribution in [0.25, 0.3) is 0 Å². The molecule has 2 rings (SSSR count). The Morgan fingerprint density at radius 2 is 1.95 bits per heavy atom. The Kier molecular flexibility index (Phi) is 5.03. The number of nitrogens with zero attached hydrogens (tertiary/aromatic N) is 2. The van der Waals surface area contributed by atoms with E-state index in [1.165, 1.54) is 11.4 Å². The third-order valence-corrected chi connectivity index (χ3v) is 6.96. The third-order valence-electron chi connectivity index (χ3n) is 3.67. The first-order valence-corrected chi connectivity index (χ1v) is 9.12. The molecule has 0 radical (unpaired) electrons. The number of sulfonamides is 1. The average Bonchev–Trinajstić information content (AvgIpc) is 2.89. The highest BCUT2D eigenvalue weighted by molar-refractivity contribution is 7.89. The largest absolute Gasteiger partial charge is 0.465 e. The number of methoxy groups -OCH3 is 1. The molecule has 0 bridgehead atoms. The van der Waals surface area contributed by atoms with Crippen molar-refractivity contribution in [2.24, 2.45) is 0 Å². The van der Waals surface area contributed by atoms with E-state index in [9.17, 15) is 13.2 Å². The molecule has 1 saturated heterocycles. The maximum absolute atomic E-state index is 12.8. The predicted octanol–water partition coefficient (Wildman–Crippen LogP) is 1.17. The number of thiophene rings is 1. The van der Waals surface area contributed by atoms with E-state index in [0.29, 0.717) is 31.7 Å². The van der Waals surface area contributed by atoms with Crippen molar-refractivity contribution in [2.45, 2.75) is 18.7 Å². The Morgan fingerprint density at radius 1 is 1.33 bits per heavy atom. The topological polar surface area (TPSA) is 66.9 Å². The van der Waals surface area contributed by atoms with Crippen LogP contribution in [-0.4, -0.2) is 63.4 Å². The summed E-state index contributed by atoms with van der Waals surface area (Å²) in [4.78, 5) is 14.2. The van der Waals surface area contributed by atoms with Gasteiger partial charge in [-0.1, -0.05) is 6.92 Å². The van der Waals surface area contributed by atoms with Gasteiger partial charge in [0.25, 0.3) is 0 Å². The molecule has 1 fully saturated rings. The molecule has 0 atom stereocenters. The number of carbonyl (C=O) groups excluding carboxylic acids is 1. The van der Waals surface area contributed by atoms with Crippen molar-refractivity contribution in [1.82, 2.24) is 9.21 Å². The second-order valence-electron chi connectivity index (χ2n) is 4.91. The van der Waals surface area contributed by atoms with Crippen molar-refractivity contribution in [2.75, 3.05) is 39.8 Å². The molecule has 2 heterocycles. The van der Waals surface area contributed by atoms with E-state index in [1.807, 2.05) is 0 Å². The van der Waals surface area contributed by atoms with E-state index in [-0.39, 0.29) is 9.77 Å². The van der Waals surface area contributed by atoms with Gasteiger partial charge in [-0.25, -0.2) is 13.2 Å². The monoisotopic (exact) mass is 332 g/mol. The van der Waals surface area contributed by atoms with E-state index in [1.54, 1.807) is 12.3 Å². The maximum Gasteiger partial charge on any atom is 0.349 e.